The molecule has 0 bridgehead atoms. The average Bonchev–Trinajstić information content (AvgIpc) is 1.93. The number of hydrogen-bond acceptors (Lipinski definition) is 4. The van der Waals surface area contributed by atoms with E-state index in [2.05, 4.69) is 0 Å². The zero-order chi connectivity index (χ0) is 11.1. The summed E-state index contributed by atoms with van der Waals surface area (Å²) >= 11 is 0. The van der Waals surface area contributed by atoms with Gasteiger partial charge in [-0.1, -0.05) is 11.6 Å². The first kappa shape index (κ1) is 11.4. The highest BCUT2D eigenvalue weighted by atomic mass is 32.2. The van der Waals surface area contributed by atoms with Gasteiger partial charge in [-0.05, 0) is 25.5 Å². The van der Waals surface area contributed by atoms with Gasteiger partial charge in [0.2, 0.25) is 0 Å². The van der Waals surface area contributed by atoms with Crippen LogP contribution in [0.25, 0.3) is 0 Å². The summed E-state index contributed by atoms with van der Waals surface area (Å²) in [5, 5.41) is -1.28. The molecule has 0 fully saturated rings. The van der Waals surface area contributed by atoms with Gasteiger partial charge in [0.15, 0.2) is 0 Å². The van der Waals surface area contributed by atoms with E-state index in [1.54, 1.807) is 13.8 Å². The van der Waals surface area contributed by atoms with Crippen molar-refractivity contribution in [3.8, 4) is 0 Å². The maximum absolute atomic E-state index is 11.0. The van der Waals surface area contributed by atoms with Crippen molar-refractivity contribution in [2.75, 3.05) is 0 Å². The van der Waals surface area contributed by atoms with Crippen LogP contribution in [0.4, 0.5) is 0 Å². The van der Waals surface area contributed by atoms with E-state index in [0.29, 0.717) is 0 Å². The molecular weight excluding hydrogens is 204 g/mol. The summed E-state index contributed by atoms with van der Waals surface area (Å²) in [5.74, 6) is 0. The second-order valence-electron chi connectivity index (χ2n) is 3.61. The molecule has 1 aliphatic rings. The van der Waals surface area contributed by atoms with Gasteiger partial charge < -0.3 is 11.5 Å². The molecule has 0 saturated carbocycles. The van der Waals surface area contributed by atoms with E-state index >= 15 is 0 Å². The van der Waals surface area contributed by atoms with Gasteiger partial charge in [0.25, 0.3) is 10.1 Å². The van der Waals surface area contributed by atoms with Crippen molar-refractivity contribution in [3.63, 3.8) is 0 Å². The van der Waals surface area contributed by atoms with E-state index < -0.39 is 21.0 Å². The van der Waals surface area contributed by atoms with Crippen molar-refractivity contribution in [2.24, 2.45) is 11.5 Å². The van der Waals surface area contributed by atoms with Gasteiger partial charge in [-0.25, -0.2) is 0 Å². The number of nitrogens with two attached hydrogens (primary N) is 2. The first-order chi connectivity index (χ1) is 6.14. The van der Waals surface area contributed by atoms with Crippen LogP contribution in [0, 0.1) is 0 Å². The fourth-order valence-corrected chi connectivity index (χ4v) is 2.38. The van der Waals surface area contributed by atoms with Crippen molar-refractivity contribution in [2.45, 2.75) is 24.8 Å². The molecule has 0 amide bonds. The number of rotatable bonds is 1. The van der Waals surface area contributed by atoms with E-state index in [-0.39, 0.29) is 0 Å². The molecule has 0 aromatic rings. The first-order valence-electron chi connectivity index (χ1n) is 4.07. The van der Waals surface area contributed by atoms with Gasteiger partial charge in [0.05, 0.1) is 0 Å². The number of allylic oxidation sites excluding steroid dienone is 2. The Morgan fingerprint density at radius 1 is 1.36 bits per heavy atom. The molecular formula is C8H14N2O3S. The fourth-order valence-electron chi connectivity index (χ4n) is 1.42. The van der Waals surface area contributed by atoms with Crippen LogP contribution in [-0.4, -0.2) is 23.9 Å². The Labute approximate surface area is 83.2 Å². The molecule has 6 heteroatoms. The van der Waals surface area contributed by atoms with Crippen LogP contribution < -0.4 is 11.5 Å². The standard InChI is InChI=1S/C8H14N2O3S/c1-5-3-7(14(11,12)13)8(9,10)4-6(5)2/h3-4,7H,9-10H2,1-2H3,(H,11,12,13). The van der Waals surface area contributed by atoms with Crippen LogP contribution in [0.3, 0.4) is 0 Å². The molecule has 1 unspecified atom stereocenters. The third-order valence-electron chi connectivity index (χ3n) is 2.30. The fraction of sp³-hybridized carbons (Fsp3) is 0.500. The summed E-state index contributed by atoms with van der Waals surface area (Å²) in [6.45, 7) is 3.51. The van der Waals surface area contributed by atoms with Crippen molar-refractivity contribution < 1.29 is 13.0 Å². The highest BCUT2D eigenvalue weighted by molar-refractivity contribution is 7.86. The Bertz CT molecular complexity index is 406. The molecule has 14 heavy (non-hydrogen) atoms. The Morgan fingerprint density at radius 2 is 1.86 bits per heavy atom. The SMILES string of the molecule is CC1=CC(S(=O)(=O)O)C(N)(N)C=C1C. The van der Waals surface area contributed by atoms with Gasteiger partial charge in [-0.15, -0.1) is 0 Å². The molecule has 0 radical (unpaired) electrons. The van der Waals surface area contributed by atoms with Gasteiger partial charge in [-0.2, -0.15) is 8.42 Å². The molecule has 80 valence electrons. The maximum Gasteiger partial charge on any atom is 0.274 e. The molecule has 0 aromatic heterocycles. The lowest BCUT2D eigenvalue weighted by atomic mass is 9.93. The third kappa shape index (κ3) is 2.03. The Kier molecular flexibility index (Phi) is 2.57. The van der Waals surface area contributed by atoms with Crippen LogP contribution >= 0.6 is 0 Å². The van der Waals surface area contributed by atoms with E-state index in [9.17, 15) is 8.42 Å². The zero-order valence-corrected chi connectivity index (χ0v) is 8.88. The lowest BCUT2D eigenvalue weighted by Crippen LogP contribution is -2.60. The molecule has 5 nitrogen and oxygen atoms in total. The third-order valence-corrected chi connectivity index (χ3v) is 3.49. The van der Waals surface area contributed by atoms with E-state index in [1.807, 2.05) is 0 Å². The van der Waals surface area contributed by atoms with Gasteiger partial charge in [0, 0.05) is 0 Å². The van der Waals surface area contributed by atoms with Gasteiger partial charge in [0.1, 0.15) is 10.9 Å². The molecule has 0 saturated heterocycles. The normalized spacial score (nSPS) is 26.8. The highest BCUT2D eigenvalue weighted by Gasteiger charge is 2.39. The van der Waals surface area contributed by atoms with Gasteiger partial charge in [-0.3, -0.25) is 4.55 Å². The molecule has 1 aliphatic carbocycles. The Balaban J connectivity index is 3.25. The molecule has 1 atom stereocenters. The van der Waals surface area contributed by atoms with Crippen molar-refractivity contribution in [3.05, 3.63) is 23.3 Å². The monoisotopic (exact) mass is 218 g/mol. The zero-order valence-electron chi connectivity index (χ0n) is 8.06. The second-order valence-corrected chi connectivity index (χ2v) is 5.15. The lowest BCUT2D eigenvalue weighted by Gasteiger charge is -2.31. The summed E-state index contributed by atoms with van der Waals surface area (Å²) in [6.07, 6.45) is 2.81. The predicted molar refractivity (Wildman–Crippen MR) is 54.0 cm³/mol. The summed E-state index contributed by atoms with van der Waals surface area (Å²) in [5.41, 5.74) is 11.2. The maximum atomic E-state index is 11.0. The van der Waals surface area contributed by atoms with Crippen LogP contribution in [-0.2, 0) is 10.1 Å². The van der Waals surface area contributed by atoms with Crippen LogP contribution in [0.2, 0.25) is 0 Å². The van der Waals surface area contributed by atoms with Crippen molar-refractivity contribution in [1.82, 2.24) is 0 Å². The molecule has 0 heterocycles. The predicted octanol–water partition coefficient (Wildman–Crippen LogP) is -0.237. The van der Waals surface area contributed by atoms with Crippen LogP contribution in [0.1, 0.15) is 13.8 Å². The smallest absolute Gasteiger partial charge is 0.274 e. The Hall–Kier alpha value is -0.690. The number of hydrogen-bond donors (Lipinski definition) is 3. The topological polar surface area (TPSA) is 106 Å². The van der Waals surface area contributed by atoms with Gasteiger partial charge >= 0.3 is 0 Å². The summed E-state index contributed by atoms with van der Waals surface area (Å²) in [6, 6.07) is 0. The van der Waals surface area contributed by atoms with E-state index in [1.165, 1.54) is 12.2 Å². The summed E-state index contributed by atoms with van der Waals surface area (Å²) < 4.78 is 30.9. The molecule has 0 aliphatic heterocycles. The summed E-state index contributed by atoms with van der Waals surface area (Å²) in [7, 11) is -4.26. The van der Waals surface area contributed by atoms with Crippen LogP contribution in [0.5, 0.6) is 0 Å². The largest absolute Gasteiger partial charge is 0.309 e. The molecule has 0 aromatic carbocycles. The van der Waals surface area contributed by atoms with E-state index in [0.717, 1.165) is 11.1 Å². The first-order valence-corrected chi connectivity index (χ1v) is 5.57. The van der Waals surface area contributed by atoms with Crippen molar-refractivity contribution >= 4 is 10.1 Å². The molecule has 0 spiro atoms. The molecule has 1 rings (SSSR count). The minimum Gasteiger partial charge on any atom is -0.309 e. The average molecular weight is 218 g/mol. The van der Waals surface area contributed by atoms with Crippen molar-refractivity contribution in [1.29, 1.82) is 0 Å². The second kappa shape index (κ2) is 3.16. The summed E-state index contributed by atoms with van der Waals surface area (Å²) in [4.78, 5) is 0. The minimum atomic E-state index is -4.26. The quantitative estimate of drug-likeness (QED) is 0.416. The lowest BCUT2D eigenvalue weighted by molar-refractivity contribution is 0.442. The highest BCUT2D eigenvalue weighted by Crippen LogP contribution is 2.25. The minimum absolute atomic E-state index is 0.749. The van der Waals surface area contributed by atoms with E-state index in [4.69, 9.17) is 16.0 Å². The Morgan fingerprint density at radius 3 is 2.29 bits per heavy atom. The van der Waals surface area contributed by atoms with Crippen LogP contribution in [0.15, 0.2) is 23.3 Å². The molecule has 5 N–H and O–H groups in total.